The molecule has 0 spiro atoms. The zero-order valence-electron chi connectivity index (χ0n) is 9.79. The summed E-state index contributed by atoms with van der Waals surface area (Å²) in [6.45, 7) is 3.92. The molecule has 0 aliphatic carbocycles. The van der Waals surface area contributed by atoms with Crippen LogP contribution < -0.4 is 0 Å². The summed E-state index contributed by atoms with van der Waals surface area (Å²) in [5.41, 5.74) is 0.953. The van der Waals surface area contributed by atoms with Crippen LogP contribution in [0.5, 0.6) is 0 Å². The minimum absolute atomic E-state index is 0.0631. The molecule has 0 bridgehead atoms. The van der Waals surface area contributed by atoms with Crippen LogP contribution in [-0.2, 0) is 4.79 Å². The Kier molecular flexibility index (Phi) is 4.55. The molecule has 1 amide bonds. The molecule has 0 aliphatic rings. The average molecular weight is 353 g/mol. The lowest BCUT2D eigenvalue weighted by molar-refractivity contribution is -0.132. The van der Waals surface area contributed by atoms with Crippen molar-refractivity contribution in [2.75, 3.05) is 14.1 Å². The average Bonchev–Trinajstić information content (AvgIpc) is 2.47. The Morgan fingerprint density at radius 1 is 1.50 bits per heavy atom. The number of hydrogen-bond donors (Lipinski definition) is 0. The fourth-order valence-corrected chi connectivity index (χ4v) is 2.24. The van der Waals surface area contributed by atoms with Crippen LogP contribution in [0.25, 0.3) is 0 Å². The Morgan fingerprint density at radius 2 is 2.06 bits per heavy atom. The van der Waals surface area contributed by atoms with Crippen LogP contribution in [0, 0.1) is 6.92 Å². The van der Waals surface area contributed by atoms with Crippen LogP contribution in [-0.4, -0.2) is 34.7 Å². The van der Waals surface area contributed by atoms with Crippen LogP contribution in [0.4, 0.5) is 0 Å². The molecule has 16 heavy (non-hydrogen) atoms. The highest BCUT2D eigenvalue weighted by Gasteiger charge is 2.24. The van der Waals surface area contributed by atoms with E-state index < -0.39 is 0 Å². The zero-order valence-corrected chi connectivity index (χ0v) is 13.0. The molecular weight excluding hydrogens is 338 g/mol. The van der Waals surface area contributed by atoms with E-state index >= 15 is 0 Å². The number of carbonyl (C=O) groups excluding carboxylic acids is 1. The highest BCUT2D eigenvalue weighted by molar-refractivity contribution is 9.13. The summed E-state index contributed by atoms with van der Waals surface area (Å²) in [4.78, 5) is 13.6. The molecule has 90 valence electrons. The molecule has 0 N–H and O–H groups in total. The van der Waals surface area contributed by atoms with Crippen LogP contribution in [0.3, 0.4) is 0 Å². The first-order valence-corrected chi connectivity index (χ1v) is 6.60. The van der Waals surface area contributed by atoms with Crippen LogP contribution >= 0.6 is 31.9 Å². The number of nitrogens with zero attached hydrogens (tertiary/aromatic N) is 3. The van der Waals surface area contributed by atoms with E-state index in [-0.39, 0.29) is 11.9 Å². The predicted octanol–water partition coefficient (Wildman–Crippen LogP) is 2.76. The van der Waals surface area contributed by atoms with Gasteiger partial charge in [0.15, 0.2) is 0 Å². The van der Waals surface area contributed by atoms with Crippen molar-refractivity contribution < 1.29 is 4.79 Å². The molecule has 0 aliphatic heterocycles. The molecule has 1 rings (SSSR count). The van der Waals surface area contributed by atoms with E-state index in [1.54, 1.807) is 23.7 Å². The maximum absolute atomic E-state index is 12.0. The fourth-order valence-electron chi connectivity index (χ4n) is 1.52. The summed E-state index contributed by atoms with van der Waals surface area (Å²) in [5.74, 6) is 0.0631. The van der Waals surface area contributed by atoms with Crippen molar-refractivity contribution in [2.24, 2.45) is 0 Å². The number of rotatable bonds is 3. The molecule has 6 heteroatoms. The van der Waals surface area contributed by atoms with E-state index in [4.69, 9.17) is 0 Å². The summed E-state index contributed by atoms with van der Waals surface area (Å²) in [7, 11) is 3.52. The lowest BCUT2D eigenvalue weighted by Gasteiger charge is -2.20. The summed E-state index contributed by atoms with van der Waals surface area (Å²) >= 11 is 6.78. The Morgan fingerprint density at radius 3 is 2.38 bits per heavy atom. The van der Waals surface area contributed by atoms with Gasteiger partial charge in [0.25, 0.3) is 0 Å². The lowest BCUT2D eigenvalue weighted by atomic mass is 10.2. The van der Waals surface area contributed by atoms with Gasteiger partial charge in [-0.2, -0.15) is 5.10 Å². The van der Waals surface area contributed by atoms with Crippen molar-refractivity contribution in [3.05, 3.63) is 14.8 Å². The van der Waals surface area contributed by atoms with Gasteiger partial charge in [0.1, 0.15) is 10.6 Å². The highest BCUT2D eigenvalue weighted by Crippen LogP contribution is 2.28. The van der Waals surface area contributed by atoms with Crippen molar-refractivity contribution in [2.45, 2.75) is 26.3 Å². The Bertz CT molecular complexity index is 401. The van der Waals surface area contributed by atoms with Crippen LogP contribution in [0.2, 0.25) is 0 Å². The fraction of sp³-hybridized carbons (Fsp3) is 0.600. The summed E-state index contributed by atoms with van der Waals surface area (Å²) in [5, 5.41) is 4.32. The van der Waals surface area contributed by atoms with Crippen molar-refractivity contribution in [1.29, 1.82) is 0 Å². The monoisotopic (exact) mass is 351 g/mol. The van der Waals surface area contributed by atoms with E-state index in [1.807, 2.05) is 13.8 Å². The molecule has 4 nitrogen and oxygen atoms in total. The van der Waals surface area contributed by atoms with Gasteiger partial charge in [-0.3, -0.25) is 9.48 Å². The van der Waals surface area contributed by atoms with Crippen molar-refractivity contribution in [3.63, 3.8) is 0 Å². The van der Waals surface area contributed by atoms with Crippen LogP contribution in [0.1, 0.15) is 25.1 Å². The summed E-state index contributed by atoms with van der Waals surface area (Å²) in [6, 6.07) is -0.238. The molecule has 1 unspecified atom stereocenters. The molecule has 1 aromatic rings. The van der Waals surface area contributed by atoms with Gasteiger partial charge < -0.3 is 4.90 Å². The SMILES string of the molecule is CCC(C(=O)N(C)C)n1nc(Br)c(Br)c1C. The van der Waals surface area contributed by atoms with Gasteiger partial charge in [-0.1, -0.05) is 6.92 Å². The van der Waals surface area contributed by atoms with E-state index in [9.17, 15) is 4.79 Å². The lowest BCUT2D eigenvalue weighted by Crippen LogP contribution is -2.32. The van der Waals surface area contributed by atoms with Crippen molar-refractivity contribution in [1.82, 2.24) is 14.7 Å². The number of likely N-dealkylation sites (N-methyl/N-ethyl adjacent to an activating group) is 1. The molecular formula is C10H15Br2N3O. The van der Waals surface area contributed by atoms with Crippen molar-refractivity contribution >= 4 is 37.8 Å². The van der Waals surface area contributed by atoms with Gasteiger partial charge in [0.2, 0.25) is 5.91 Å². The molecule has 0 fully saturated rings. The van der Waals surface area contributed by atoms with E-state index in [0.717, 1.165) is 21.2 Å². The van der Waals surface area contributed by atoms with E-state index in [2.05, 4.69) is 37.0 Å². The molecule has 0 saturated carbocycles. The summed E-state index contributed by atoms with van der Waals surface area (Å²) < 4.78 is 3.39. The van der Waals surface area contributed by atoms with Gasteiger partial charge in [-0.25, -0.2) is 0 Å². The van der Waals surface area contributed by atoms with Gasteiger partial charge >= 0.3 is 0 Å². The molecule has 0 saturated heterocycles. The van der Waals surface area contributed by atoms with Gasteiger partial charge in [0, 0.05) is 14.1 Å². The molecule has 0 aromatic carbocycles. The normalized spacial score (nSPS) is 12.6. The second-order valence-corrected chi connectivity index (χ2v) is 5.34. The molecule has 1 atom stereocenters. The first-order chi connectivity index (χ1) is 7.40. The molecule has 1 heterocycles. The number of halogens is 2. The Hall–Kier alpha value is -0.360. The second-order valence-electron chi connectivity index (χ2n) is 3.79. The van der Waals surface area contributed by atoms with Crippen LogP contribution in [0.15, 0.2) is 9.08 Å². The smallest absolute Gasteiger partial charge is 0.246 e. The number of aromatic nitrogens is 2. The third-order valence-corrected chi connectivity index (χ3v) is 4.48. The van der Waals surface area contributed by atoms with Gasteiger partial charge in [-0.15, -0.1) is 0 Å². The van der Waals surface area contributed by atoms with Crippen molar-refractivity contribution in [3.8, 4) is 0 Å². The third-order valence-electron chi connectivity index (χ3n) is 2.45. The van der Waals surface area contributed by atoms with E-state index in [1.165, 1.54) is 0 Å². The Balaban J connectivity index is 3.14. The number of hydrogen-bond acceptors (Lipinski definition) is 2. The minimum atomic E-state index is -0.238. The number of carbonyl (C=O) groups is 1. The Labute approximate surface area is 112 Å². The molecule has 0 radical (unpaired) electrons. The quantitative estimate of drug-likeness (QED) is 0.838. The topological polar surface area (TPSA) is 38.1 Å². The largest absolute Gasteiger partial charge is 0.347 e. The van der Waals surface area contributed by atoms with Gasteiger partial charge in [-0.05, 0) is 45.2 Å². The first kappa shape index (κ1) is 13.7. The van der Waals surface area contributed by atoms with E-state index in [0.29, 0.717) is 0 Å². The second kappa shape index (κ2) is 5.31. The zero-order chi connectivity index (χ0) is 12.5. The first-order valence-electron chi connectivity index (χ1n) is 5.01. The maximum Gasteiger partial charge on any atom is 0.246 e. The summed E-state index contributed by atoms with van der Waals surface area (Å²) in [6.07, 6.45) is 0.721. The molecule has 1 aromatic heterocycles. The predicted molar refractivity (Wildman–Crippen MR) is 70.4 cm³/mol. The maximum atomic E-state index is 12.0. The minimum Gasteiger partial charge on any atom is -0.347 e. The number of amides is 1. The van der Waals surface area contributed by atoms with Gasteiger partial charge in [0.05, 0.1) is 10.2 Å². The highest BCUT2D eigenvalue weighted by atomic mass is 79.9. The third kappa shape index (κ3) is 2.48. The standard InChI is InChI=1S/C10H15Br2N3O/c1-5-7(10(16)14(3)4)15-6(2)8(11)9(12)13-15/h7H,5H2,1-4H3.